The van der Waals surface area contributed by atoms with Gasteiger partial charge in [-0.15, -0.1) is 0 Å². The predicted octanol–water partition coefficient (Wildman–Crippen LogP) is 1.82. The van der Waals surface area contributed by atoms with Crippen LogP contribution in [0, 0.1) is 17.5 Å². The second kappa shape index (κ2) is 7.06. The number of nitrogens with zero attached hydrogens (tertiary/aromatic N) is 1. The molecule has 6 heteroatoms. The van der Waals surface area contributed by atoms with Crippen LogP contribution < -0.4 is 5.32 Å². The standard InChI is InChI=1S/C14H19F3N2O/c15-10-8-11(14(17)12(16)9-10)13(2-1-7-20)19-5-3-18-4-6-19/h8-9,13,18,20H,1-7H2/t13-/m0/s1. The molecule has 3 nitrogen and oxygen atoms in total. The summed E-state index contributed by atoms with van der Waals surface area (Å²) in [5.74, 6) is -2.93. The fourth-order valence-corrected chi connectivity index (χ4v) is 2.63. The average Bonchev–Trinajstić information content (AvgIpc) is 2.45. The van der Waals surface area contributed by atoms with Crippen LogP contribution in [0.4, 0.5) is 13.2 Å². The van der Waals surface area contributed by atoms with Crippen molar-refractivity contribution < 1.29 is 18.3 Å². The van der Waals surface area contributed by atoms with Gasteiger partial charge in [0, 0.05) is 50.5 Å². The third-order valence-corrected chi connectivity index (χ3v) is 3.61. The largest absolute Gasteiger partial charge is 0.396 e. The Morgan fingerprint density at radius 1 is 1.20 bits per heavy atom. The second-order valence-corrected chi connectivity index (χ2v) is 4.96. The maximum Gasteiger partial charge on any atom is 0.163 e. The van der Waals surface area contributed by atoms with Gasteiger partial charge >= 0.3 is 0 Å². The minimum atomic E-state index is -1.16. The van der Waals surface area contributed by atoms with Crippen molar-refractivity contribution >= 4 is 0 Å². The molecular weight excluding hydrogens is 269 g/mol. The first kappa shape index (κ1) is 15.3. The van der Waals surface area contributed by atoms with Gasteiger partial charge in [-0.1, -0.05) is 0 Å². The summed E-state index contributed by atoms with van der Waals surface area (Å²) in [4.78, 5) is 2.00. The van der Waals surface area contributed by atoms with Crippen LogP contribution in [0.5, 0.6) is 0 Å². The highest BCUT2D eigenvalue weighted by atomic mass is 19.2. The maximum absolute atomic E-state index is 14.0. The van der Waals surface area contributed by atoms with Crippen LogP contribution in [0.2, 0.25) is 0 Å². The van der Waals surface area contributed by atoms with E-state index in [0.29, 0.717) is 32.0 Å². The molecule has 1 saturated heterocycles. The van der Waals surface area contributed by atoms with E-state index < -0.39 is 23.5 Å². The van der Waals surface area contributed by atoms with Gasteiger partial charge in [0.2, 0.25) is 0 Å². The number of hydrogen-bond acceptors (Lipinski definition) is 3. The van der Waals surface area contributed by atoms with Crippen molar-refractivity contribution in [2.75, 3.05) is 32.8 Å². The Bertz CT molecular complexity index is 450. The highest BCUT2D eigenvalue weighted by Gasteiger charge is 2.26. The summed E-state index contributed by atoms with van der Waals surface area (Å²) in [5, 5.41) is 12.1. The number of benzene rings is 1. The molecule has 1 aliphatic heterocycles. The van der Waals surface area contributed by atoms with Gasteiger partial charge in [-0.3, -0.25) is 4.90 Å². The molecule has 0 aromatic heterocycles. The Hall–Kier alpha value is -1.11. The molecule has 20 heavy (non-hydrogen) atoms. The first-order valence-electron chi connectivity index (χ1n) is 6.83. The molecule has 0 radical (unpaired) electrons. The van der Waals surface area contributed by atoms with Gasteiger partial charge in [-0.2, -0.15) is 0 Å². The highest BCUT2D eigenvalue weighted by molar-refractivity contribution is 5.24. The van der Waals surface area contributed by atoms with Crippen LogP contribution in [0.25, 0.3) is 0 Å². The van der Waals surface area contributed by atoms with Crippen LogP contribution in [-0.2, 0) is 0 Å². The molecule has 0 bridgehead atoms. The van der Waals surface area contributed by atoms with E-state index >= 15 is 0 Å². The quantitative estimate of drug-likeness (QED) is 0.811. The van der Waals surface area contributed by atoms with Gasteiger partial charge in [0.05, 0.1) is 0 Å². The zero-order valence-corrected chi connectivity index (χ0v) is 11.2. The number of halogens is 3. The van der Waals surface area contributed by atoms with Crippen molar-refractivity contribution in [1.82, 2.24) is 10.2 Å². The predicted molar refractivity (Wildman–Crippen MR) is 69.8 cm³/mol. The van der Waals surface area contributed by atoms with Crippen LogP contribution in [0.15, 0.2) is 12.1 Å². The summed E-state index contributed by atoms with van der Waals surface area (Å²) >= 11 is 0. The Morgan fingerprint density at radius 2 is 1.90 bits per heavy atom. The minimum absolute atomic E-state index is 0.0258. The third kappa shape index (κ3) is 3.50. The fraction of sp³-hybridized carbons (Fsp3) is 0.571. The summed E-state index contributed by atoms with van der Waals surface area (Å²) in [6.07, 6.45) is 0.933. The average molecular weight is 288 g/mol. The lowest BCUT2D eigenvalue weighted by Crippen LogP contribution is -2.45. The van der Waals surface area contributed by atoms with Crippen molar-refractivity contribution in [2.24, 2.45) is 0 Å². The van der Waals surface area contributed by atoms with Gasteiger partial charge in [0.1, 0.15) is 5.82 Å². The molecule has 0 aliphatic carbocycles. The molecule has 0 unspecified atom stereocenters. The number of aliphatic hydroxyl groups excluding tert-OH is 1. The molecule has 2 N–H and O–H groups in total. The van der Waals surface area contributed by atoms with Crippen LogP contribution >= 0.6 is 0 Å². The molecule has 1 fully saturated rings. The third-order valence-electron chi connectivity index (χ3n) is 3.61. The lowest BCUT2D eigenvalue weighted by molar-refractivity contribution is 0.150. The van der Waals surface area contributed by atoms with Gasteiger partial charge < -0.3 is 10.4 Å². The summed E-state index contributed by atoms with van der Waals surface area (Å²) in [6, 6.07) is 1.21. The van der Waals surface area contributed by atoms with E-state index in [0.717, 1.165) is 19.2 Å². The Labute approximate surface area is 116 Å². The van der Waals surface area contributed by atoms with Gasteiger partial charge in [-0.25, -0.2) is 13.2 Å². The fourth-order valence-electron chi connectivity index (χ4n) is 2.63. The molecule has 2 rings (SSSR count). The maximum atomic E-state index is 14.0. The summed E-state index contributed by atoms with van der Waals surface area (Å²) in [5.41, 5.74) is 0.0397. The number of hydrogen-bond donors (Lipinski definition) is 2. The monoisotopic (exact) mass is 288 g/mol. The highest BCUT2D eigenvalue weighted by Crippen LogP contribution is 2.30. The molecule has 0 spiro atoms. The Kier molecular flexibility index (Phi) is 5.39. The van der Waals surface area contributed by atoms with Gasteiger partial charge in [-0.05, 0) is 18.9 Å². The second-order valence-electron chi connectivity index (χ2n) is 4.96. The molecule has 1 aliphatic rings. The number of nitrogens with one attached hydrogen (secondary N) is 1. The number of piperazine rings is 1. The Morgan fingerprint density at radius 3 is 2.55 bits per heavy atom. The molecular formula is C14H19F3N2O. The molecule has 1 aromatic rings. The molecule has 1 aromatic carbocycles. The van der Waals surface area contributed by atoms with Crippen molar-refractivity contribution in [3.8, 4) is 0 Å². The number of aliphatic hydroxyl groups is 1. The van der Waals surface area contributed by atoms with E-state index in [1.54, 1.807) is 0 Å². The minimum Gasteiger partial charge on any atom is -0.396 e. The van der Waals surface area contributed by atoms with Crippen molar-refractivity contribution in [3.63, 3.8) is 0 Å². The molecule has 112 valence electrons. The van der Waals surface area contributed by atoms with Crippen LogP contribution in [0.3, 0.4) is 0 Å². The smallest absolute Gasteiger partial charge is 0.163 e. The molecule has 1 atom stereocenters. The van der Waals surface area contributed by atoms with E-state index in [1.807, 2.05) is 4.90 Å². The van der Waals surface area contributed by atoms with Crippen LogP contribution in [-0.4, -0.2) is 42.8 Å². The first-order chi connectivity index (χ1) is 9.63. The first-order valence-corrected chi connectivity index (χ1v) is 6.83. The van der Waals surface area contributed by atoms with Crippen molar-refractivity contribution in [1.29, 1.82) is 0 Å². The lowest BCUT2D eigenvalue weighted by Gasteiger charge is -2.35. The van der Waals surface area contributed by atoms with E-state index in [-0.39, 0.29) is 12.2 Å². The van der Waals surface area contributed by atoms with Crippen LogP contribution in [0.1, 0.15) is 24.4 Å². The topological polar surface area (TPSA) is 35.5 Å². The van der Waals surface area contributed by atoms with Gasteiger partial charge in [0.15, 0.2) is 11.6 Å². The zero-order chi connectivity index (χ0) is 14.5. The zero-order valence-electron chi connectivity index (χ0n) is 11.2. The Balaban J connectivity index is 2.29. The normalized spacial score (nSPS) is 18.2. The molecule has 1 heterocycles. The van der Waals surface area contributed by atoms with E-state index in [1.165, 1.54) is 0 Å². The lowest BCUT2D eigenvalue weighted by atomic mass is 9.98. The summed E-state index contributed by atoms with van der Waals surface area (Å²) in [6.45, 7) is 2.87. The summed E-state index contributed by atoms with van der Waals surface area (Å²) in [7, 11) is 0. The van der Waals surface area contributed by atoms with Gasteiger partial charge in [0.25, 0.3) is 0 Å². The van der Waals surface area contributed by atoms with E-state index in [4.69, 9.17) is 5.11 Å². The molecule has 0 saturated carbocycles. The molecule has 0 amide bonds. The van der Waals surface area contributed by atoms with E-state index in [2.05, 4.69) is 5.32 Å². The van der Waals surface area contributed by atoms with E-state index in [9.17, 15) is 13.2 Å². The van der Waals surface area contributed by atoms with Crippen molar-refractivity contribution in [3.05, 3.63) is 35.1 Å². The summed E-state index contributed by atoms with van der Waals surface area (Å²) < 4.78 is 40.7. The van der Waals surface area contributed by atoms with Crippen molar-refractivity contribution in [2.45, 2.75) is 18.9 Å². The SMILES string of the molecule is OCCC[C@@H](c1cc(F)cc(F)c1F)N1CCNCC1. The number of rotatable bonds is 5.